The molecule has 2 aromatic heterocycles. The Labute approximate surface area is 165 Å². The number of amides is 1. The summed E-state index contributed by atoms with van der Waals surface area (Å²) in [6.07, 6.45) is 2.21. The van der Waals surface area contributed by atoms with E-state index in [4.69, 9.17) is 10.5 Å². The zero-order valence-corrected chi connectivity index (χ0v) is 15.4. The molecular formula is C22H17F2N3O2. The molecule has 0 spiro atoms. The van der Waals surface area contributed by atoms with E-state index in [0.717, 1.165) is 23.3 Å². The number of nitrogens with one attached hydrogen (secondary N) is 1. The van der Waals surface area contributed by atoms with E-state index in [1.165, 1.54) is 7.11 Å². The number of hydrogen-bond acceptors (Lipinski definition) is 3. The van der Waals surface area contributed by atoms with Crippen LogP contribution in [0.4, 0.5) is 8.78 Å². The monoisotopic (exact) mass is 393 g/mol. The maximum absolute atomic E-state index is 14.9. The summed E-state index contributed by atoms with van der Waals surface area (Å²) >= 11 is 0. The lowest BCUT2D eigenvalue weighted by Crippen LogP contribution is -2.17. The lowest BCUT2D eigenvalue weighted by molar-refractivity contribution is 0.0993. The number of benzene rings is 2. The molecule has 0 saturated heterocycles. The van der Waals surface area contributed by atoms with E-state index in [1.807, 2.05) is 36.4 Å². The van der Waals surface area contributed by atoms with Crippen LogP contribution >= 0.6 is 0 Å². The molecule has 4 aromatic rings. The largest absolute Gasteiger partial charge is 0.372 e. The predicted molar refractivity (Wildman–Crippen MR) is 105 cm³/mol. The van der Waals surface area contributed by atoms with Gasteiger partial charge in [-0.3, -0.25) is 4.79 Å². The topological polar surface area (TPSA) is 81.0 Å². The SMILES string of the molecule is COC(c1c(F)ccc(C(N)=O)c1F)c1c[nH]c2ncc(-c3ccccc3)cc12. The number of nitrogens with two attached hydrogens (primary N) is 1. The van der Waals surface area contributed by atoms with Gasteiger partial charge in [-0.05, 0) is 23.8 Å². The van der Waals surface area contributed by atoms with Crippen molar-refractivity contribution in [2.24, 2.45) is 5.73 Å². The number of aromatic nitrogens is 2. The number of carbonyl (C=O) groups excluding carboxylic acids is 1. The fraction of sp³-hybridized carbons (Fsp3) is 0.0909. The zero-order valence-electron chi connectivity index (χ0n) is 15.4. The summed E-state index contributed by atoms with van der Waals surface area (Å²) in [5.41, 5.74) is 7.28. The van der Waals surface area contributed by atoms with Crippen molar-refractivity contribution in [2.45, 2.75) is 6.10 Å². The van der Waals surface area contributed by atoms with E-state index in [2.05, 4.69) is 9.97 Å². The average molecular weight is 393 g/mol. The molecule has 3 N–H and O–H groups in total. The number of rotatable bonds is 5. The van der Waals surface area contributed by atoms with Crippen LogP contribution in [0.5, 0.6) is 0 Å². The van der Waals surface area contributed by atoms with Crippen LogP contribution in [-0.4, -0.2) is 23.0 Å². The summed E-state index contributed by atoms with van der Waals surface area (Å²) in [7, 11) is 1.34. The maximum Gasteiger partial charge on any atom is 0.251 e. The zero-order chi connectivity index (χ0) is 20.5. The Hall–Kier alpha value is -3.58. The number of pyridine rings is 1. The summed E-state index contributed by atoms with van der Waals surface area (Å²) in [6.45, 7) is 0. The van der Waals surface area contributed by atoms with Gasteiger partial charge in [-0.2, -0.15) is 0 Å². The number of H-pyrrole nitrogens is 1. The molecule has 0 saturated carbocycles. The molecule has 1 amide bonds. The molecule has 0 bridgehead atoms. The third-order valence-corrected chi connectivity index (χ3v) is 4.84. The average Bonchev–Trinajstić information content (AvgIpc) is 3.14. The molecule has 2 aromatic carbocycles. The number of carbonyl (C=O) groups is 1. The van der Waals surface area contributed by atoms with E-state index in [9.17, 15) is 13.6 Å². The number of ether oxygens (including phenoxy) is 1. The third kappa shape index (κ3) is 3.25. The Kier molecular flexibility index (Phi) is 4.82. The van der Waals surface area contributed by atoms with Crippen LogP contribution < -0.4 is 5.73 Å². The standard InChI is InChI=1S/C22H17F2N3O2/c1-29-20(18-17(23)8-7-14(19(18)24)21(25)28)16-11-27-22-15(16)9-13(10-26-22)12-5-3-2-4-6-12/h2-11,20H,1H3,(H2,25,28)(H,26,27). The number of hydrogen-bond donors (Lipinski definition) is 2. The highest BCUT2D eigenvalue weighted by atomic mass is 19.1. The molecular weight excluding hydrogens is 376 g/mol. The smallest absolute Gasteiger partial charge is 0.251 e. The normalized spacial score (nSPS) is 12.2. The maximum atomic E-state index is 14.9. The van der Waals surface area contributed by atoms with Crippen LogP contribution in [0.3, 0.4) is 0 Å². The molecule has 0 aliphatic heterocycles. The highest BCUT2D eigenvalue weighted by Gasteiger charge is 2.27. The molecule has 4 rings (SSSR count). The Morgan fingerprint density at radius 1 is 1.14 bits per heavy atom. The minimum absolute atomic E-state index is 0.380. The number of nitrogens with zero attached hydrogens (tertiary/aromatic N) is 1. The fourth-order valence-corrected chi connectivity index (χ4v) is 3.43. The molecule has 0 radical (unpaired) electrons. The summed E-state index contributed by atoms with van der Waals surface area (Å²) < 4.78 is 34.9. The van der Waals surface area contributed by atoms with Gasteiger partial charge in [0.15, 0.2) is 0 Å². The van der Waals surface area contributed by atoms with Gasteiger partial charge in [-0.25, -0.2) is 13.8 Å². The number of methoxy groups -OCH3 is 1. The van der Waals surface area contributed by atoms with Crippen molar-refractivity contribution in [3.63, 3.8) is 0 Å². The second-order valence-corrected chi connectivity index (χ2v) is 6.53. The minimum Gasteiger partial charge on any atom is -0.372 e. The first kappa shape index (κ1) is 18.8. The second-order valence-electron chi connectivity index (χ2n) is 6.53. The van der Waals surface area contributed by atoms with E-state index in [1.54, 1.807) is 12.4 Å². The Bertz CT molecular complexity index is 1210. The number of halogens is 2. The van der Waals surface area contributed by atoms with Crippen LogP contribution in [0.1, 0.15) is 27.6 Å². The molecule has 29 heavy (non-hydrogen) atoms. The highest BCUT2D eigenvalue weighted by molar-refractivity contribution is 5.93. The fourth-order valence-electron chi connectivity index (χ4n) is 3.43. The van der Waals surface area contributed by atoms with Gasteiger partial charge in [0.2, 0.25) is 0 Å². The first-order chi connectivity index (χ1) is 14.0. The van der Waals surface area contributed by atoms with E-state index < -0.39 is 29.2 Å². The molecule has 0 aliphatic carbocycles. The van der Waals surface area contributed by atoms with Gasteiger partial charge in [0.25, 0.3) is 5.91 Å². The first-order valence-electron chi connectivity index (χ1n) is 8.84. The highest BCUT2D eigenvalue weighted by Crippen LogP contribution is 2.36. The second kappa shape index (κ2) is 7.44. The Morgan fingerprint density at radius 3 is 2.59 bits per heavy atom. The van der Waals surface area contributed by atoms with Gasteiger partial charge >= 0.3 is 0 Å². The number of primary amides is 1. The third-order valence-electron chi connectivity index (χ3n) is 4.84. The summed E-state index contributed by atoms with van der Waals surface area (Å²) in [5.74, 6) is -2.85. The van der Waals surface area contributed by atoms with Crippen LogP contribution in [0.2, 0.25) is 0 Å². The number of fused-ring (bicyclic) bond motifs is 1. The van der Waals surface area contributed by atoms with Gasteiger partial charge in [-0.1, -0.05) is 30.3 Å². The van der Waals surface area contributed by atoms with Crippen molar-refractivity contribution in [2.75, 3.05) is 7.11 Å². The van der Waals surface area contributed by atoms with E-state index in [0.29, 0.717) is 16.6 Å². The van der Waals surface area contributed by atoms with Gasteiger partial charge in [0, 0.05) is 36.0 Å². The molecule has 1 unspecified atom stereocenters. The van der Waals surface area contributed by atoms with Crippen molar-refractivity contribution >= 4 is 16.9 Å². The first-order valence-corrected chi connectivity index (χ1v) is 8.84. The molecule has 7 heteroatoms. The lowest BCUT2D eigenvalue weighted by atomic mass is 9.97. The van der Waals surface area contributed by atoms with E-state index in [-0.39, 0.29) is 5.56 Å². The number of aromatic amines is 1. The Morgan fingerprint density at radius 2 is 1.90 bits per heavy atom. The van der Waals surface area contributed by atoms with Gasteiger partial charge < -0.3 is 15.5 Å². The molecule has 5 nitrogen and oxygen atoms in total. The van der Waals surface area contributed by atoms with Crippen molar-refractivity contribution in [3.8, 4) is 11.1 Å². The summed E-state index contributed by atoms with van der Waals surface area (Å²) in [5, 5.41) is 0.654. The van der Waals surface area contributed by atoms with Crippen molar-refractivity contribution in [1.29, 1.82) is 0 Å². The molecule has 1 atom stereocenters. The van der Waals surface area contributed by atoms with Crippen LogP contribution in [-0.2, 0) is 4.74 Å². The van der Waals surface area contributed by atoms with Gasteiger partial charge in [0.05, 0.1) is 11.1 Å². The van der Waals surface area contributed by atoms with E-state index >= 15 is 0 Å². The molecule has 0 aliphatic rings. The van der Waals surface area contributed by atoms with Crippen LogP contribution in [0, 0.1) is 11.6 Å². The predicted octanol–water partition coefficient (Wildman–Crippen LogP) is 4.34. The summed E-state index contributed by atoms with van der Waals surface area (Å²) in [4.78, 5) is 18.9. The minimum atomic E-state index is -1.10. The molecule has 0 fully saturated rings. The molecule has 146 valence electrons. The lowest BCUT2D eigenvalue weighted by Gasteiger charge is -2.18. The Balaban J connectivity index is 1.89. The quantitative estimate of drug-likeness (QED) is 0.529. The van der Waals surface area contributed by atoms with Gasteiger partial charge in [-0.15, -0.1) is 0 Å². The van der Waals surface area contributed by atoms with Gasteiger partial charge in [0.1, 0.15) is 23.4 Å². The molecule has 2 heterocycles. The van der Waals surface area contributed by atoms with Crippen LogP contribution in [0.25, 0.3) is 22.2 Å². The van der Waals surface area contributed by atoms with Crippen molar-refractivity contribution in [3.05, 3.63) is 89.2 Å². The van der Waals surface area contributed by atoms with Crippen molar-refractivity contribution in [1.82, 2.24) is 9.97 Å². The van der Waals surface area contributed by atoms with Crippen molar-refractivity contribution < 1.29 is 18.3 Å². The van der Waals surface area contributed by atoms with Crippen LogP contribution in [0.15, 0.2) is 60.9 Å². The summed E-state index contributed by atoms with van der Waals surface area (Å²) in [6, 6.07) is 13.5.